The van der Waals surface area contributed by atoms with Crippen LogP contribution in [0.5, 0.6) is 0 Å². The summed E-state index contributed by atoms with van der Waals surface area (Å²) in [5.74, 6) is -2.77. The fourth-order valence-electron chi connectivity index (χ4n) is 3.77. The van der Waals surface area contributed by atoms with Crippen LogP contribution >= 0.6 is 35.1 Å². The predicted molar refractivity (Wildman–Crippen MR) is 114 cm³/mol. The first-order valence-electron chi connectivity index (χ1n) is 9.45. The van der Waals surface area contributed by atoms with Crippen LogP contribution in [0, 0.1) is 0 Å². The van der Waals surface area contributed by atoms with Gasteiger partial charge in [0.25, 0.3) is 11.8 Å². The van der Waals surface area contributed by atoms with Gasteiger partial charge in [-0.25, -0.2) is 0 Å². The SMILES string of the molecule is Nc1nc(/C(=N/O)C(=O)NC2C(=O)N3C(C(=O)[O-])=C(SC4Cn5cnc[n+]5C4)CSC23)ns1. The Bertz CT molecular complexity index is 1200. The van der Waals surface area contributed by atoms with E-state index in [4.69, 9.17) is 5.73 Å². The molecule has 1 fully saturated rings. The molecule has 2 aromatic rings. The van der Waals surface area contributed by atoms with E-state index in [0.29, 0.717) is 23.7 Å². The Morgan fingerprint density at radius 1 is 1.45 bits per heavy atom. The Balaban J connectivity index is 1.30. The number of hydrogen-bond donors (Lipinski definition) is 3. The van der Waals surface area contributed by atoms with Gasteiger partial charge in [0.15, 0.2) is 5.13 Å². The zero-order valence-corrected chi connectivity index (χ0v) is 19.0. The van der Waals surface area contributed by atoms with Crippen molar-refractivity contribution < 1.29 is 29.4 Å². The highest BCUT2D eigenvalue weighted by molar-refractivity contribution is 8.06. The van der Waals surface area contributed by atoms with Crippen LogP contribution in [-0.2, 0) is 27.5 Å². The molecule has 2 atom stereocenters. The fraction of sp³-hybridized carbons (Fsp3) is 0.375. The molecule has 0 aliphatic carbocycles. The van der Waals surface area contributed by atoms with Crippen molar-refractivity contribution >= 4 is 63.7 Å². The molecule has 33 heavy (non-hydrogen) atoms. The van der Waals surface area contributed by atoms with Crippen molar-refractivity contribution in [1.29, 1.82) is 0 Å². The van der Waals surface area contributed by atoms with Crippen LogP contribution in [-0.4, -0.2) is 75.0 Å². The number of oxime groups is 1. The number of rotatable bonds is 6. The van der Waals surface area contributed by atoms with E-state index in [0.717, 1.165) is 16.4 Å². The number of hydrogen-bond acceptors (Lipinski definition) is 13. The topological polar surface area (TPSA) is 196 Å². The van der Waals surface area contributed by atoms with Gasteiger partial charge < -0.3 is 26.2 Å². The number of β-lactam (4-membered cyclic amide) rings is 1. The summed E-state index contributed by atoms with van der Waals surface area (Å²) in [5.41, 5.74) is 4.81. The first kappa shape index (κ1) is 21.7. The summed E-state index contributed by atoms with van der Waals surface area (Å²) in [4.78, 5) is 46.8. The number of carbonyl (C=O) groups is 3. The van der Waals surface area contributed by atoms with E-state index in [9.17, 15) is 24.7 Å². The molecule has 1 saturated heterocycles. The summed E-state index contributed by atoms with van der Waals surface area (Å²) >= 11 is 3.54. The van der Waals surface area contributed by atoms with Gasteiger partial charge in [-0.05, 0) is 4.98 Å². The van der Waals surface area contributed by atoms with Gasteiger partial charge in [-0.15, -0.1) is 23.5 Å². The van der Waals surface area contributed by atoms with Crippen LogP contribution in [0.1, 0.15) is 5.82 Å². The van der Waals surface area contributed by atoms with Crippen molar-refractivity contribution in [3.05, 3.63) is 29.1 Å². The molecule has 172 valence electrons. The highest BCUT2D eigenvalue weighted by atomic mass is 32.2. The third-order valence-corrected chi connectivity index (χ3v) is 8.46. The number of carbonyl (C=O) groups excluding carboxylic acids is 3. The minimum absolute atomic E-state index is 0.0751. The lowest BCUT2D eigenvalue weighted by Crippen LogP contribution is -2.71. The molecule has 0 spiro atoms. The summed E-state index contributed by atoms with van der Waals surface area (Å²) in [6.07, 6.45) is 3.40. The van der Waals surface area contributed by atoms with Crippen molar-refractivity contribution in [3.8, 4) is 0 Å². The van der Waals surface area contributed by atoms with Crippen LogP contribution in [0.4, 0.5) is 5.13 Å². The van der Waals surface area contributed by atoms with Crippen LogP contribution in [0.3, 0.4) is 0 Å². The minimum Gasteiger partial charge on any atom is -0.543 e. The van der Waals surface area contributed by atoms with Crippen LogP contribution in [0.25, 0.3) is 0 Å². The zero-order valence-electron chi connectivity index (χ0n) is 16.5. The number of nitrogens with two attached hydrogens (primary N) is 1. The molecular formula is C16H15N9O5S3. The van der Waals surface area contributed by atoms with Crippen molar-refractivity contribution in [2.75, 3.05) is 11.5 Å². The highest BCUT2D eigenvalue weighted by Gasteiger charge is 2.53. The number of nitrogens with zero attached hydrogens (tertiary/aromatic N) is 7. The molecule has 0 radical (unpaired) electrons. The maximum atomic E-state index is 12.8. The van der Waals surface area contributed by atoms with Crippen molar-refractivity contribution in [2.24, 2.45) is 5.16 Å². The average molecular weight is 510 g/mol. The van der Waals surface area contributed by atoms with Gasteiger partial charge in [0.05, 0.1) is 23.5 Å². The normalized spacial score (nSPS) is 24.4. The van der Waals surface area contributed by atoms with Crippen LogP contribution in [0.15, 0.2) is 28.4 Å². The highest BCUT2D eigenvalue weighted by Crippen LogP contribution is 2.44. The molecule has 2 amide bonds. The number of carboxylic acids is 1. The van der Waals surface area contributed by atoms with Gasteiger partial charge >= 0.3 is 6.33 Å². The number of amides is 2. The summed E-state index contributed by atoms with van der Waals surface area (Å²) in [6.45, 7) is 1.32. The number of nitrogens with one attached hydrogen (secondary N) is 1. The number of carboxylic acid groups (broad SMARTS) is 1. The Kier molecular flexibility index (Phi) is 5.45. The zero-order chi connectivity index (χ0) is 23.3. The lowest BCUT2D eigenvalue weighted by Gasteiger charge is -2.50. The van der Waals surface area contributed by atoms with Crippen molar-refractivity contribution in [2.45, 2.75) is 29.8 Å². The molecule has 0 bridgehead atoms. The lowest BCUT2D eigenvalue weighted by molar-refractivity contribution is -0.758. The van der Waals surface area contributed by atoms with E-state index in [1.54, 1.807) is 12.7 Å². The number of nitrogen functional groups attached to an aromatic ring is 1. The molecule has 5 rings (SSSR count). The van der Waals surface area contributed by atoms with E-state index in [1.807, 2.05) is 9.36 Å². The lowest BCUT2D eigenvalue weighted by atomic mass is 10.0. The molecule has 2 aromatic heterocycles. The third-order valence-electron chi connectivity index (χ3n) is 5.20. The van der Waals surface area contributed by atoms with E-state index >= 15 is 0 Å². The Morgan fingerprint density at radius 2 is 2.27 bits per heavy atom. The minimum atomic E-state index is -1.45. The number of anilines is 1. The summed E-state index contributed by atoms with van der Waals surface area (Å²) in [6, 6.07) is -1.01. The van der Waals surface area contributed by atoms with Gasteiger partial charge in [-0.2, -0.15) is 18.7 Å². The number of fused-ring (bicyclic) bond motifs is 2. The maximum absolute atomic E-state index is 12.8. The Hall–Kier alpha value is -3.18. The monoisotopic (exact) mass is 509 g/mol. The van der Waals surface area contributed by atoms with E-state index < -0.39 is 34.9 Å². The first-order valence-corrected chi connectivity index (χ1v) is 12.2. The molecule has 14 nitrogen and oxygen atoms in total. The second kappa shape index (κ2) is 8.31. The predicted octanol–water partition coefficient (Wildman–Crippen LogP) is -3.04. The summed E-state index contributed by atoms with van der Waals surface area (Å²) < 4.78 is 7.68. The summed E-state index contributed by atoms with van der Waals surface area (Å²) in [7, 11) is 0. The molecule has 5 heterocycles. The quantitative estimate of drug-likeness (QED) is 0.118. The molecule has 3 aliphatic rings. The molecule has 17 heteroatoms. The summed E-state index contributed by atoms with van der Waals surface area (Å²) in [5, 5.41) is 26.0. The van der Waals surface area contributed by atoms with Gasteiger partial charge in [0, 0.05) is 22.2 Å². The second-order valence-electron chi connectivity index (χ2n) is 7.19. The van der Waals surface area contributed by atoms with Gasteiger partial charge in [0.2, 0.25) is 17.9 Å². The van der Waals surface area contributed by atoms with E-state index in [-0.39, 0.29) is 21.9 Å². The molecular weight excluding hydrogens is 494 g/mol. The maximum Gasteiger partial charge on any atom is 0.306 e. The standard InChI is InChI=1S/C16H15N9O5S3/c17-16-20-11(22-33-16)8(21-30)12(26)19-9-13(27)25-10(15(28)29)7(3-31-14(9)25)32-6-1-23-4-18-5-24(23)2-6/h4-6,9,14H,1-3H2,(H4-,17,19,20,22,26,28,29,30). The third kappa shape index (κ3) is 3.70. The fourth-order valence-corrected chi connectivity index (χ4v) is 7.03. The number of thioether (sulfide) groups is 2. The molecule has 0 saturated carbocycles. The van der Waals surface area contributed by atoms with Gasteiger partial charge in [0.1, 0.15) is 18.0 Å². The van der Waals surface area contributed by atoms with Crippen molar-refractivity contribution in [1.82, 2.24) is 29.2 Å². The molecule has 0 aromatic carbocycles. The van der Waals surface area contributed by atoms with Crippen LogP contribution < -0.4 is 20.8 Å². The van der Waals surface area contributed by atoms with E-state index in [1.165, 1.54) is 23.5 Å². The van der Waals surface area contributed by atoms with E-state index in [2.05, 4.69) is 24.8 Å². The van der Waals surface area contributed by atoms with Crippen molar-refractivity contribution in [3.63, 3.8) is 0 Å². The smallest absolute Gasteiger partial charge is 0.306 e. The Labute approximate surface area is 197 Å². The van der Waals surface area contributed by atoms with Gasteiger partial charge in [-0.3, -0.25) is 14.5 Å². The molecule has 4 N–H and O–H groups in total. The molecule has 2 unspecified atom stereocenters. The van der Waals surface area contributed by atoms with Crippen LogP contribution in [0.2, 0.25) is 0 Å². The Morgan fingerprint density at radius 3 is 2.94 bits per heavy atom. The molecule has 3 aliphatic heterocycles. The van der Waals surface area contributed by atoms with Gasteiger partial charge in [-0.1, -0.05) is 5.16 Å². The first-order chi connectivity index (χ1) is 15.9. The largest absolute Gasteiger partial charge is 0.543 e. The number of aliphatic carboxylic acids is 1. The second-order valence-corrected chi connectivity index (χ2v) is 10.5. The number of aromatic nitrogens is 5. The average Bonchev–Trinajstić information content (AvgIpc) is 3.49.